The van der Waals surface area contributed by atoms with Crippen molar-refractivity contribution in [1.82, 2.24) is 4.90 Å². The highest BCUT2D eigenvalue weighted by Gasteiger charge is 2.11. The van der Waals surface area contributed by atoms with Gasteiger partial charge in [0.05, 0.1) is 6.10 Å². The molecule has 0 aromatic heterocycles. The van der Waals surface area contributed by atoms with Gasteiger partial charge < -0.3 is 10.0 Å². The monoisotopic (exact) mass is 201 g/mol. The third kappa shape index (κ3) is 6.39. The minimum absolute atomic E-state index is 0.136. The molecule has 0 bridgehead atoms. The van der Waals surface area contributed by atoms with E-state index in [-0.39, 0.29) is 6.10 Å². The van der Waals surface area contributed by atoms with Crippen molar-refractivity contribution in [1.29, 1.82) is 0 Å². The van der Waals surface area contributed by atoms with Crippen molar-refractivity contribution in [2.75, 3.05) is 13.6 Å². The summed E-state index contributed by atoms with van der Waals surface area (Å²) < 4.78 is 0. The van der Waals surface area contributed by atoms with Crippen LogP contribution in [-0.4, -0.2) is 35.7 Å². The minimum atomic E-state index is -0.136. The Balaban J connectivity index is 3.48. The lowest BCUT2D eigenvalue weighted by molar-refractivity contribution is 0.171. The fraction of sp³-hybridized carbons (Fsp3) is 1.00. The smallest absolute Gasteiger partial charge is 0.0512 e. The van der Waals surface area contributed by atoms with Gasteiger partial charge in [-0.05, 0) is 52.6 Å². The van der Waals surface area contributed by atoms with Gasteiger partial charge in [0.2, 0.25) is 0 Å². The molecule has 1 N–H and O–H groups in total. The number of aliphatic hydroxyl groups is 1. The molecule has 86 valence electrons. The first-order valence-corrected chi connectivity index (χ1v) is 5.83. The summed E-state index contributed by atoms with van der Waals surface area (Å²) in [5.74, 6) is 0.719. The van der Waals surface area contributed by atoms with Crippen LogP contribution in [0, 0.1) is 5.92 Å². The second-order valence-electron chi connectivity index (χ2n) is 4.81. The molecule has 0 radical (unpaired) electrons. The number of hydrogen-bond acceptors (Lipinski definition) is 2. The van der Waals surface area contributed by atoms with Crippen LogP contribution in [-0.2, 0) is 0 Å². The van der Waals surface area contributed by atoms with Crippen LogP contribution in [0.5, 0.6) is 0 Å². The highest BCUT2D eigenvalue weighted by molar-refractivity contribution is 4.66. The molecular formula is C12H27NO. The number of rotatable bonds is 7. The number of hydrogen-bond donors (Lipinski definition) is 1. The fourth-order valence-corrected chi connectivity index (χ4v) is 1.51. The molecule has 0 aromatic rings. The van der Waals surface area contributed by atoms with E-state index in [9.17, 15) is 0 Å². The first-order chi connectivity index (χ1) is 6.45. The molecular weight excluding hydrogens is 174 g/mol. The standard InChI is InChI=1S/C12H27NO/c1-10(2)12(4)13(5)9-7-6-8-11(3)14/h10-12,14H,6-9H2,1-5H3. The normalized spacial score (nSPS) is 16.3. The molecule has 0 heterocycles. The zero-order chi connectivity index (χ0) is 11.1. The van der Waals surface area contributed by atoms with Crippen molar-refractivity contribution in [3.05, 3.63) is 0 Å². The summed E-state index contributed by atoms with van der Waals surface area (Å²) in [7, 11) is 2.19. The zero-order valence-electron chi connectivity index (χ0n) is 10.5. The van der Waals surface area contributed by atoms with E-state index in [0.29, 0.717) is 6.04 Å². The van der Waals surface area contributed by atoms with Gasteiger partial charge in [0.15, 0.2) is 0 Å². The quantitative estimate of drug-likeness (QED) is 0.640. The van der Waals surface area contributed by atoms with E-state index < -0.39 is 0 Å². The molecule has 2 atom stereocenters. The largest absolute Gasteiger partial charge is 0.393 e. The Kier molecular flexibility index (Phi) is 7.20. The Bertz CT molecular complexity index is 134. The molecule has 0 spiro atoms. The summed E-state index contributed by atoms with van der Waals surface area (Å²) in [5.41, 5.74) is 0. The van der Waals surface area contributed by atoms with Crippen molar-refractivity contribution < 1.29 is 5.11 Å². The zero-order valence-corrected chi connectivity index (χ0v) is 10.5. The Hall–Kier alpha value is -0.0800. The topological polar surface area (TPSA) is 23.5 Å². The van der Waals surface area contributed by atoms with E-state index >= 15 is 0 Å². The maximum absolute atomic E-state index is 9.10. The fourth-order valence-electron chi connectivity index (χ4n) is 1.51. The first kappa shape index (κ1) is 13.9. The SMILES string of the molecule is CC(O)CCCCN(C)C(C)C(C)C. The van der Waals surface area contributed by atoms with Gasteiger partial charge in [0.1, 0.15) is 0 Å². The molecule has 0 fully saturated rings. The van der Waals surface area contributed by atoms with Crippen LogP contribution in [0.2, 0.25) is 0 Å². The Morgan fingerprint density at radius 3 is 2.07 bits per heavy atom. The molecule has 0 amide bonds. The summed E-state index contributed by atoms with van der Waals surface area (Å²) in [4.78, 5) is 2.41. The summed E-state index contributed by atoms with van der Waals surface area (Å²) in [5, 5.41) is 9.10. The van der Waals surface area contributed by atoms with Gasteiger partial charge in [0.25, 0.3) is 0 Å². The van der Waals surface area contributed by atoms with Crippen molar-refractivity contribution in [2.45, 2.75) is 59.1 Å². The molecule has 2 nitrogen and oxygen atoms in total. The lowest BCUT2D eigenvalue weighted by atomic mass is 10.0. The number of aliphatic hydroxyl groups excluding tert-OH is 1. The molecule has 0 aliphatic carbocycles. The maximum atomic E-state index is 9.10. The van der Waals surface area contributed by atoms with E-state index in [1.807, 2.05) is 6.92 Å². The van der Waals surface area contributed by atoms with Crippen LogP contribution in [0.3, 0.4) is 0 Å². The van der Waals surface area contributed by atoms with E-state index in [4.69, 9.17) is 5.11 Å². The number of unbranched alkanes of at least 4 members (excludes halogenated alkanes) is 1. The molecule has 0 saturated heterocycles. The lowest BCUT2D eigenvalue weighted by Gasteiger charge is -2.27. The van der Waals surface area contributed by atoms with E-state index in [2.05, 4.69) is 32.7 Å². The molecule has 0 aliphatic rings. The Labute approximate surface area is 89.3 Å². The predicted octanol–water partition coefficient (Wildman–Crippen LogP) is 2.51. The minimum Gasteiger partial charge on any atom is -0.393 e. The van der Waals surface area contributed by atoms with Crippen molar-refractivity contribution in [3.63, 3.8) is 0 Å². The van der Waals surface area contributed by atoms with E-state index in [1.165, 1.54) is 6.42 Å². The summed E-state index contributed by atoms with van der Waals surface area (Å²) in [6, 6.07) is 0.654. The molecule has 0 rings (SSSR count). The molecule has 2 unspecified atom stereocenters. The average Bonchev–Trinajstić information content (AvgIpc) is 2.10. The van der Waals surface area contributed by atoms with Crippen LogP contribution in [0.1, 0.15) is 47.0 Å². The summed E-state index contributed by atoms with van der Waals surface area (Å²) in [6.45, 7) is 9.81. The van der Waals surface area contributed by atoms with Crippen molar-refractivity contribution in [2.24, 2.45) is 5.92 Å². The summed E-state index contributed by atoms with van der Waals surface area (Å²) >= 11 is 0. The van der Waals surface area contributed by atoms with Gasteiger partial charge in [-0.15, -0.1) is 0 Å². The van der Waals surface area contributed by atoms with Gasteiger partial charge in [-0.25, -0.2) is 0 Å². The third-order valence-corrected chi connectivity index (χ3v) is 3.04. The van der Waals surface area contributed by atoms with Crippen molar-refractivity contribution in [3.8, 4) is 0 Å². The lowest BCUT2D eigenvalue weighted by Crippen LogP contribution is -2.33. The first-order valence-electron chi connectivity index (χ1n) is 5.83. The van der Waals surface area contributed by atoms with Crippen LogP contribution in [0.15, 0.2) is 0 Å². The predicted molar refractivity (Wildman–Crippen MR) is 62.5 cm³/mol. The molecule has 0 aliphatic heterocycles. The Morgan fingerprint density at radius 1 is 1.07 bits per heavy atom. The maximum Gasteiger partial charge on any atom is 0.0512 e. The van der Waals surface area contributed by atoms with E-state index in [1.54, 1.807) is 0 Å². The Morgan fingerprint density at radius 2 is 1.64 bits per heavy atom. The summed E-state index contributed by atoms with van der Waals surface area (Å²) in [6.07, 6.45) is 3.12. The van der Waals surface area contributed by atoms with Crippen LogP contribution in [0.25, 0.3) is 0 Å². The van der Waals surface area contributed by atoms with Gasteiger partial charge in [0, 0.05) is 6.04 Å². The molecule has 2 heteroatoms. The second kappa shape index (κ2) is 7.24. The van der Waals surface area contributed by atoms with Gasteiger partial charge in [-0.3, -0.25) is 0 Å². The molecule has 14 heavy (non-hydrogen) atoms. The average molecular weight is 201 g/mol. The van der Waals surface area contributed by atoms with E-state index in [0.717, 1.165) is 25.3 Å². The van der Waals surface area contributed by atoms with Crippen molar-refractivity contribution >= 4 is 0 Å². The third-order valence-electron chi connectivity index (χ3n) is 3.04. The highest BCUT2D eigenvalue weighted by Crippen LogP contribution is 2.09. The van der Waals surface area contributed by atoms with Gasteiger partial charge in [-0.1, -0.05) is 13.8 Å². The van der Waals surface area contributed by atoms with Crippen LogP contribution < -0.4 is 0 Å². The molecule has 0 saturated carbocycles. The second-order valence-corrected chi connectivity index (χ2v) is 4.81. The van der Waals surface area contributed by atoms with Gasteiger partial charge in [-0.2, -0.15) is 0 Å². The number of nitrogens with zero attached hydrogens (tertiary/aromatic N) is 1. The van der Waals surface area contributed by atoms with Gasteiger partial charge >= 0.3 is 0 Å². The highest BCUT2D eigenvalue weighted by atomic mass is 16.3. The van der Waals surface area contributed by atoms with Crippen LogP contribution in [0.4, 0.5) is 0 Å². The molecule has 0 aromatic carbocycles. The van der Waals surface area contributed by atoms with Crippen LogP contribution >= 0.6 is 0 Å².